The van der Waals surface area contributed by atoms with Gasteiger partial charge in [-0.05, 0) is 0 Å². The topological polar surface area (TPSA) is 319 Å². The Balaban J connectivity index is -0.000000140. The van der Waals surface area contributed by atoms with Crippen molar-refractivity contribution < 1.29 is 77.2 Å². The molecule has 39 heavy (non-hydrogen) atoms. The van der Waals surface area contributed by atoms with Gasteiger partial charge in [0, 0.05) is 41.0 Å². The van der Waals surface area contributed by atoms with Crippen LogP contribution in [-0.2, 0) is 50.5 Å². The fourth-order valence-corrected chi connectivity index (χ4v) is 1.78. The van der Waals surface area contributed by atoms with Crippen LogP contribution in [0.1, 0.15) is 67.5 Å². The van der Waals surface area contributed by atoms with Gasteiger partial charge in [0.25, 0.3) is 0 Å². The maximum atomic E-state index is 10.5. The first kappa shape index (κ1) is 44.7. The third kappa shape index (κ3) is 17.7. The summed E-state index contributed by atoms with van der Waals surface area (Å²) in [5.41, 5.74) is -1.97. The number of carbonyl (C=O) groups is 6. The van der Waals surface area contributed by atoms with E-state index >= 15 is 0 Å². The average Bonchev–Trinajstić information content (AvgIpc) is 3.45. The molecule has 0 unspecified atom stereocenters. The van der Waals surface area contributed by atoms with Crippen LogP contribution in [0, 0.1) is 0 Å². The van der Waals surface area contributed by atoms with Crippen LogP contribution in [0.5, 0.6) is 0 Å². The van der Waals surface area contributed by atoms with Gasteiger partial charge in [0.2, 0.25) is 12.8 Å². The number of nitrogens with zero attached hydrogens (tertiary/aromatic N) is 4. The molecule has 0 aliphatic carbocycles. The Bertz CT molecular complexity index is 907. The molecule has 0 spiro atoms. The molecule has 222 valence electrons. The molecule has 0 aliphatic heterocycles. The number of nitrogens with one attached hydrogen (secondary N) is 2. The molecule has 19 heteroatoms. The zero-order chi connectivity index (χ0) is 28.6. The molecule has 0 radical (unpaired) electrons. The van der Waals surface area contributed by atoms with Gasteiger partial charge in [-0.3, -0.25) is 9.59 Å². The number of H-pyrrole nitrogens is 2. The van der Waals surface area contributed by atoms with Gasteiger partial charge < -0.3 is 60.7 Å². The molecule has 0 atom stereocenters. The maximum Gasteiger partial charge on any atom is 2.00 e. The molecule has 0 saturated carbocycles. The number of aromatic carboxylic acids is 4. The Morgan fingerprint density at radius 3 is 1.08 bits per heavy atom. The van der Waals surface area contributed by atoms with Crippen LogP contribution in [0.3, 0.4) is 0 Å². The van der Waals surface area contributed by atoms with Gasteiger partial charge in [0.05, 0.1) is 11.9 Å². The van der Waals surface area contributed by atoms with Gasteiger partial charge in [-0.25, -0.2) is 19.6 Å². The number of aromatic amines is 2. The van der Waals surface area contributed by atoms with E-state index in [1.165, 1.54) is 9.80 Å². The van der Waals surface area contributed by atoms with Crippen LogP contribution in [-0.4, -0.2) is 105 Å². The first-order valence-corrected chi connectivity index (χ1v) is 9.96. The fraction of sp³-hybridized carbons (Fsp3) is 0.400. The van der Waals surface area contributed by atoms with E-state index in [1.54, 1.807) is 42.0 Å². The first-order chi connectivity index (χ1) is 16.7. The Morgan fingerprint density at radius 2 is 0.974 bits per heavy atom. The minimum atomic E-state index is -1.59. The van der Waals surface area contributed by atoms with E-state index in [-0.39, 0.29) is 28.0 Å². The molecular formula is C20H34FeN6O12+2. The standard InChI is InChI=1S/2C7H8N2O4.2C3H7NO.Fe.2H2O/c2*1-2-3-8-4(6(10)11)5(9-3)7(12)13;2*1-4(2)3-5;;;/h2*2H2,1H3,(H,8,9)(H,10,11)(H,12,13);2*3H,1-2H3;;2*1H2/q;;;;+2;;. The normalized spacial score (nSPS) is 8.36. The molecule has 18 nitrogen and oxygen atoms in total. The second kappa shape index (κ2) is 22.8. The van der Waals surface area contributed by atoms with Crippen molar-refractivity contribution in [3.05, 3.63) is 34.4 Å². The summed E-state index contributed by atoms with van der Waals surface area (Å²) in [6, 6.07) is 0. The van der Waals surface area contributed by atoms with Gasteiger partial charge in [-0.1, -0.05) is 13.8 Å². The molecule has 2 heterocycles. The summed E-state index contributed by atoms with van der Waals surface area (Å²) < 4.78 is 0. The fourth-order valence-electron chi connectivity index (χ4n) is 1.78. The van der Waals surface area contributed by atoms with Gasteiger partial charge in [0.15, 0.2) is 11.4 Å². The minimum absolute atomic E-state index is 0. The van der Waals surface area contributed by atoms with Crippen molar-refractivity contribution >= 4 is 36.7 Å². The van der Waals surface area contributed by atoms with Gasteiger partial charge in [-0.15, -0.1) is 0 Å². The van der Waals surface area contributed by atoms with E-state index in [1.807, 2.05) is 0 Å². The third-order valence-electron chi connectivity index (χ3n) is 3.41. The van der Waals surface area contributed by atoms with Crippen molar-refractivity contribution in [3.8, 4) is 0 Å². The van der Waals surface area contributed by atoms with E-state index in [0.717, 1.165) is 12.8 Å². The molecule has 2 amide bonds. The second-order valence-electron chi connectivity index (χ2n) is 6.84. The van der Waals surface area contributed by atoms with Crippen LogP contribution in [0.25, 0.3) is 0 Å². The summed E-state index contributed by atoms with van der Waals surface area (Å²) in [4.78, 5) is 75.4. The van der Waals surface area contributed by atoms with Gasteiger partial charge in [0.1, 0.15) is 23.0 Å². The number of hydrogen-bond acceptors (Lipinski definition) is 10. The number of carboxylic acid groups (broad SMARTS) is 4. The predicted octanol–water partition coefficient (Wildman–Crippen LogP) is -4.37. The van der Waals surface area contributed by atoms with Gasteiger partial charge in [-0.2, -0.15) is 0 Å². The summed E-state index contributed by atoms with van der Waals surface area (Å²) in [6.07, 6.45) is 2.38. The van der Waals surface area contributed by atoms with Crippen molar-refractivity contribution in [1.29, 1.82) is 0 Å². The van der Waals surface area contributed by atoms with Crippen molar-refractivity contribution in [3.63, 3.8) is 0 Å². The molecule has 2 aromatic rings. The van der Waals surface area contributed by atoms with Crippen molar-refractivity contribution in [2.45, 2.75) is 26.7 Å². The van der Waals surface area contributed by atoms with E-state index in [2.05, 4.69) is 19.9 Å². The van der Waals surface area contributed by atoms with Crippen molar-refractivity contribution in [1.82, 2.24) is 29.7 Å². The summed E-state index contributed by atoms with van der Waals surface area (Å²) in [5, 5.41) is 37.9. The van der Waals surface area contributed by atoms with Crippen LogP contribution in [0.4, 0.5) is 0 Å². The molecular weight excluding hydrogens is 572 g/mol. The van der Waals surface area contributed by atoms with Crippen LogP contribution in [0.2, 0.25) is 0 Å². The Hall–Kier alpha value is -4.32. The van der Waals surface area contributed by atoms with E-state index in [0.29, 0.717) is 24.5 Å². The number of imidazole rings is 2. The summed E-state index contributed by atoms with van der Waals surface area (Å²) in [7, 11) is 6.75. The van der Waals surface area contributed by atoms with E-state index in [9.17, 15) is 39.0 Å². The smallest absolute Gasteiger partial charge is 0.543 e. The molecule has 0 aliphatic rings. The summed E-state index contributed by atoms with van der Waals surface area (Å²) >= 11 is 0. The molecule has 2 rings (SSSR count). The minimum Gasteiger partial charge on any atom is -0.543 e. The summed E-state index contributed by atoms with van der Waals surface area (Å²) in [6.45, 7) is 3.45. The first-order valence-electron chi connectivity index (χ1n) is 9.96. The SMILES string of the molecule is CCc1nc(C(=O)[O-])c(C(=O)O)[nH]1.CCc1nc(C(=O)[O-])c(C(=O)O)[nH]1.CN(C)C=O.CN(C)C=O.[Fe+2].[OH3+].[OH3+]. The zero-order valence-electron chi connectivity index (χ0n) is 22.0. The van der Waals surface area contributed by atoms with Gasteiger partial charge >= 0.3 is 29.0 Å². The van der Waals surface area contributed by atoms with Crippen LogP contribution >= 0.6 is 0 Å². The second-order valence-corrected chi connectivity index (χ2v) is 6.84. The zero-order valence-corrected chi connectivity index (χ0v) is 23.1. The van der Waals surface area contributed by atoms with E-state index < -0.39 is 46.7 Å². The number of aromatic nitrogens is 4. The maximum absolute atomic E-state index is 10.5. The Morgan fingerprint density at radius 1 is 0.744 bits per heavy atom. The molecule has 2 aromatic heterocycles. The molecule has 0 aromatic carbocycles. The number of carbonyl (C=O) groups excluding carboxylic acids is 4. The molecule has 10 N–H and O–H groups in total. The van der Waals surface area contributed by atoms with E-state index in [4.69, 9.17) is 10.2 Å². The number of rotatable bonds is 8. The Labute approximate surface area is 233 Å². The number of aryl methyl sites for hydroxylation is 2. The molecule has 0 saturated heterocycles. The molecule has 0 fully saturated rings. The average molecular weight is 606 g/mol. The third-order valence-corrected chi connectivity index (χ3v) is 3.41. The largest absolute Gasteiger partial charge is 2.00 e. The monoisotopic (exact) mass is 606 g/mol. The van der Waals surface area contributed by atoms with Crippen LogP contribution in [0.15, 0.2) is 0 Å². The number of hydrogen-bond donors (Lipinski definition) is 4. The summed E-state index contributed by atoms with van der Waals surface area (Å²) in [5.74, 6) is -5.26. The number of carboxylic acids is 4. The van der Waals surface area contributed by atoms with Crippen molar-refractivity contribution in [2.75, 3.05) is 28.2 Å². The molecule has 0 bridgehead atoms. The quantitative estimate of drug-likeness (QED) is 0.126. The number of amides is 2. The Kier molecular flexibility index (Phi) is 26.2. The predicted molar refractivity (Wildman–Crippen MR) is 128 cm³/mol. The van der Waals surface area contributed by atoms with Crippen molar-refractivity contribution in [2.24, 2.45) is 0 Å². The van der Waals surface area contributed by atoms with Crippen LogP contribution < -0.4 is 10.2 Å².